The van der Waals surface area contributed by atoms with Gasteiger partial charge in [0.05, 0.1) is 0 Å². The first-order valence-electron chi connectivity index (χ1n) is 8.42. The molecule has 0 bridgehead atoms. The van der Waals surface area contributed by atoms with Gasteiger partial charge in [0.25, 0.3) is 0 Å². The van der Waals surface area contributed by atoms with E-state index in [1.54, 1.807) is 0 Å². The van der Waals surface area contributed by atoms with Crippen molar-refractivity contribution in [3.63, 3.8) is 0 Å². The van der Waals surface area contributed by atoms with Crippen LogP contribution in [0.1, 0.15) is 23.7 Å². The molecule has 134 valence electrons. The van der Waals surface area contributed by atoms with E-state index >= 15 is 0 Å². The quantitative estimate of drug-likeness (QED) is 0.768. The first kappa shape index (κ1) is 17.1. The van der Waals surface area contributed by atoms with E-state index in [1.807, 2.05) is 60.7 Å². The molecule has 6 nitrogen and oxygen atoms in total. The van der Waals surface area contributed by atoms with E-state index in [1.165, 1.54) is 0 Å². The number of benzene rings is 2. The molecule has 2 aliphatic heterocycles. The summed E-state index contributed by atoms with van der Waals surface area (Å²) in [5.41, 5.74) is 1.59. The molecule has 0 amide bonds. The third-order valence-corrected chi connectivity index (χ3v) is 4.51. The fourth-order valence-electron chi connectivity index (χ4n) is 3.23. The van der Waals surface area contributed by atoms with E-state index < -0.39 is 37.0 Å². The van der Waals surface area contributed by atoms with Gasteiger partial charge in [0, 0.05) is 11.1 Å². The minimum atomic E-state index is -0.842. The fraction of sp³-hybridized carbons (Fsp3) is 0.300. The Morgan fingerprint density at radius 2 is 0.962 bits per heavy atom. The van der Waals surface area contributed by atoms with Crippen LogP contribution < -0.4 is 0 Å². The molecule has 2 aromatic rings. The summed E-state index contributed by atoms with van der Waals surface area (Å²) in [7, 11) is 0. The minimum absolute atomic E-state index is 0.675. The predicted molar refractivity (Wildman–Crippen MR) is 90.0 cm³/mol. The Morgan fingerprint density at radius 3 is 1.31 bits per heavy atom. The Bertz CT molecular complexity index is 684. The van der Waals surface area contributed by atoms with Gasteiger partial charge in [-0.2, -0.15) is 0 Å². The third kappa shape index (κ3) is 3.20. The van der Waals surface area contributed by atoms with Crippen LogP contribution in [0.15, 0.2) is 60.7 Å². The normalized spacial score (nSPS) is 33.8. The van der Waals surface area contributed by atoms with Crippen LogP contribution in [0.2, 0.25) is 0 Å². The Hall–Kier alpha value is -2.38. The smallest absolute Gasteiger partial charge is 0.185 e. The van der Waals surface area contributed by atoms with Crippen molar-refractivity contribution in [2.24, 2.45) is 0 Å². The lowest BCUT2D eigenvalue weighted by Crippen LogP contribution is -2.42. The molecule has 6 heteroatoms. The molecule has 6 unspecified atom stereocenters. The van der Waals surface area contributed by atoms with Crippen molar-refractivity contribution in [3.8, 4) is 0 Å². The highest BCUT2D eigenvalue weighted by atomic mass is 16.8. The van der Waals surface area contributed by atoms with E-state index in [9.17, 15) is 9.59 Å². The molecule has 0 aromatic heterocycles. The Morgan fingerprint density at radius 1 is 0.577 bits per heavy atom. The van der Waals surface area contributed by atoms with E-state index in [4.69, 9.17) is 18.9 Å². The van der Waals surface area contributed by atoms with E-state index in [-0.39, 0.29) is 0 Å². The maximum Gasteiger partial charge on any atom is 0.185 e. The maximum absolute atomic E-state index is 11.5. The van der Waals surface area contributed by atoms with Crippen LogP contribution in [0.3, 0.4) is 0 Å². The van der Waals surface area contributed by atoms with Crippen molar-refractivity contribution in [1.29, 1.82) is 0 Å². The lowest BCUT2D eigenvalue weighted by atomic mass is 10.0. The lowest BCUT2D eigenvalue weighted by molar-refractivity contribution is -0.121. The molecule has 0 saturated carbocycles. The van der Waals surface area contributed by atoms with Gasteiger partial charge in [0.2, 0.25) is 0 Å². The Kier molecular flexibility index (Phi) is 4.90. The summed E-state index contributed by atoms with van der Waals surface area (Å²) in [5, 5.41) is 0. The van der Waals surface area contributed by atoms with Crippen LogP contribution in [0, 0.1) is 0 Å². The molecular formula is C20H18O6. The zero-order valence-electron chi connectivity index (χ0n) is 13.8. The van der Waals surface area contributed by atoms with Crippen molar-refractivity contribution in [2.45, 2.75) is 37.0 Å². The van der Waals surface area contributed by atoms with Crippen LogP contribution in [-0.4, -0.2) is 37.0 Å². The maximum atomic E-state index is 11.5. The molecule has 4 rings (SSSR count). The van der Waals surface area contributed by atoms with Crippen LogP contribution in [0.5, 0.6) is 0 Å². The van der Waals surface area contributed by atoms with Gasteiger partial charge in [-0.05, 0) is 0 Å². The van der Waals surface area contributed by atoms with Gasteiger partial charge in [-0.1, -0.05) is 60.7 Å². The lowest BCUT2D eigenvalue weighted by Gasteiger charge is -2.20. The number of hydrogen-bond acceptors (Lipinski definition) is 6. The molecule has 2 fully saturated rings. The molecule has 0 N–H and O–H groups in total. The topological polar surface area (TPSA) is 71.1 Å². The van der Waals surface area contributed by atoms with Crippen LogP contribution in [0.25, 0.3) is 0 Å². The second-order valence-electron chi connectivity index (χ2n) is 6.16. The summed E-state index contributed by atoms with van der Waals surface area (Å²) in [6.07, 6.45) is -3.19. The highest BCUT2D eigenvalue weighted by Crippen LogP contribution is 2.39. The average Bonchev–Trinajstić information content (AvgIpc) is 3.33. The number of ether oxygens (including phenoxy) is 4. The summed E-state index contributed by atoms with van der Waals surface area (Å²) < 4.78 is 23.3. The Labute approximate surface area is 150 Å². The highest BCUT2D eigenvalue weighted by molar-refractivity contribution is 5.61. The van der Waals surface area contributed by atoms with Crippen molar-refractivity contribution < 1.29 is 28.5 Å². The van der Waals surface area contributed by atoms with Gasteiger partial charge in [-0.25, -0.2) is 0 Å². The van der Waals surface area contributed by atoms with Gasteiger partial charge < -0.3 is 28.5 Å². The largest absolute Gasteiger partial charge is 0.339 e. The zero-order valence-corrected chi connectivity index (χ0v) is 13.8. The molecule has 2 heterocycles. The van der Waals surface area contributed by atoms with Gasteiger partial charge in [-0.15, -0.1) is 0 Å². The van der Waals surface area contributed by atoms with Crippen molar-refractivity contribution in [3.05, 3.63) is 71.8 Å². The predicted octanol–water partition coefficient (Wildman–Crippen LogP) is 2.35. The molecule has 0 spiro atoms. The van der Waals surface area contributed by atoms with Gasteiger partial charge in [0.15, 0.2) is 25.2 Å². The van der Waals surface area contributed by atoms with E-state index in [2.05, 4.69) is 0 Å². The monoisotopic (exact) mass is 354 g/mol. The number of rotatable bonds is 5. The molecule has 6 atom stereocenters. The van der Waals surface area contributed by atoms with Crippen molar-refractivity contribution in [2.75, 3.05) is 0 Å². The fourth-order valence-corrected chi connectivity index (χ4v) is 3.23. The second-order valence-corrected chi connectivity index (χ2v) is 6.16. The summed E-state index contributed by atoms with van der Waals surface area (Å²) in [6.45, 7) is 0. The molecule has 2 aliphatic rings. The molecule has 2 saturated heterocycles. The summed E-state index contributed by atoms with van der Waals surface area (Å²) in [6, 6.07) is 18.6. The molecular weight excluding hydrogens is 336 g/mol. The van der Waals surface area contributed by atoms with Gasteiger partial charge in [0.1, 0.15) is 24.4 Å². The second kappa shape index (κ2) is 7.47. The molecule has 0 radical (unpaired) electrons. The summed E-state index contributed by atoms with van der Waals surface area (Å²) >= 11 is 0. The summed E-state index contributed by atoms with van der Waals surface area (Å²) in [5.74, 6) is 0. The van der Waals surface area contributed by atoms with E-state index in [0.717, 1.165) is 11.1 Å². The molecule has 0 aliphatic carbocycles. The van der Waals surface area contributed by atoms with Crippen molar-refractivity contribution in [1.82, 2.24) is 0 Å². The van der Waals surface area contributed by atoms with Gasteiger partial charge >= 0.3 is 0 Å². The van der Waals surface area contributed by atoms with E-state index in [0.29, 0.717) is 12.6 Å². The molecule has 26 heavy (non-hydrogen) atoms. The first-order valence-corrected chi connectivity index (χ1v) is 8.42. The molecule has 2 aromatic carbocycles. The van der Waals surface area contributed by atoms with Crippen molar-refractivity contribution >= 4 is 12.6 Å². The first-order chi connectivity index (χ1) is 12.8. The standard InChI is InChI=1S/C20H18O6/c21-11-15-17(25-19(23-15)13-7-3-1-4-8-13)18-16(12-22)24-20(26-18)14-9-5-2-6-10-14/h1-12,15-20H. The average molecular weight is 354 g/mol. The van der Waals surface area contributed by atoms with Crippen LogP contribution in [0.4, 0.5) is 0 Å². The number of aldehydes is 2. The summed E-state index contributed by atoms with van der Waals surface area (Å²) in [4.78, 5) is 23.0. The number of hydrogen-bond donors (Lipinski definition) is 0. The number of carbonyl (C=O) groups is 2. The Balaban J connectivity index is 1.55. The van der Waals surface area contributed by atoms with Gasteiger partial charge in [-0.3, -0.25) is 0 Å². The SMILES string of the molecule is O=CC1OC(c2ccccc2)OC1C1OC(c2ccccc2)OC1C=O. The van der Waals surface area contributed by atoms with Crippen LogP contribution >= 0.6 is 0 Å². The number of carbonyl (C=O) groups excluding carboxylic acids is 2. The minimum Gasteiger partial charge on any atom is -0.339 e. The van der Waals surface area contributed by atoms with Crippen LogP contribution in [-0.2, 0) is 28.5 Å². The zero-order chi connectivity index (χ0) is 17.9. The third-order valence-electron chi connectivity index (χ3n) is 4.51. The highest BCUT2D eigenvalue weighted by Gasteiger charge is 2.50.